The van der Waals surface area contributed by atoms with Gasteiger partial charge in [0.25, 0.3) is 0 Å². The lowest BCUT2D eigenvalue weighted by Crippen LogP contribution is -1.98. The molecule has 0 atom stereocenters. The van der Waals surface area contributed by atoms with Gasteiger partial charge in [-0.25, -0.2) is 0 Å². The van der Waals surface area contributed by atoms with Crippen molar-refractivity contribution in [2.24, 2.45) is 0 Å². The van der Waals surface area contributed by atoms with Gasteiger partial charge in [0, 0.05) is 13.0 Å². The Morgan fingerprint density at radius 1 is 1.75 bits per heavy atom. The first-order chi connectivity index (χ1) is 5.75. The molecule has 4 nitrogen and oxygen atoms in total. The van der Waals surface area contributed by atoms with Crippen LogP contribution in [-0.4, -0.2) is 16.2 Å². The molecule has 0 aromatic carbocycles. The molecule has 62 valence electrons. The second-order valence-corrected chi connectivity index (χ2v) is 3.35. The number of H-pyrrole nitrogens is 1. The molecule has 0 unspecified atom stereocenters. The first-order valence-corrected chi connectivity index (χ1v) is 4.18. The summed E-state index contributed by atoms with van der Waals surface area (Å²) in [5, 5.41) is 7.21. The maximum atomic E-state index is 10.6. The topological polar surface area (TPSA) is 55.0 Å². The number of hydrogen-bond donors (Lipinski definition) is 1. The lowest BCUT2D eigenvalue weighted by atomic mass is 10.5. The van der Waals surface area contributed by atoms with Gasteiger partial charge in [0.05, 0.1) is 16.4 Å². The van der Waals surface area contributed by atoms with Crippen molar-refractivity contribution in [1.82, 2.24) is 10.2 Å². The number of nitrogens with one attached hydrogen (secondary N) is 1. The normalized spacial score (nSPS) is 10.4. The highest BCUT2D eigenvalue weighted by molar-refractivity contribution is 7.20. The third-order valence-corrected chi connectivity index (χ3v) is 2.30. The molecule has 0 radical (unpaired) electrons. The summed E-state index contributed by atoms with van der Waals surface area (Å²) < 4.78 is 5.88. The Kier molecular flexibility index (Phi) is 1.58. The van der Waals surface area contributed by atoms with Crippen LogP contribution in [0.5, 0.6) is 5.06 Å². The van der Waals surface area contributed by atoms with E-state index in [1.54, 1.807) is 12.3 Å². The van der Waals surface area contributed by atoms with E-state index in [0.29, 0.717) is 5.06 Å². The molecule has 1 N–H and O–H groups in total. The van der Waals surface area contributed by atoms with E-state index in [4.69, 9.17) is 4.74 Å². The number of hydrogen-bond acceptors (Lipinski definition) is 4. The number of carbonyl (C=O) groups is 1. The quantitative estimate of drug-likeness (QED) is 0.681. The van der Waals surface area contributed by atoms with Crippen molar-refractivity contribution in [3.05, 3.63) is 12.3 Å². The SMILES string of the molecule is CC(=O)Oc1cc2[nH]ncc2s1. The fourth-order valence-electron chi connectivity index (χ4n) is 0.917. The zero-order valence-corrected chi connectivity index (χ0v) is 7.14. The molecule has 12 heavy (non-hydrogen) atoms. The Morgan fingerprint density at radius 2 is 2.58 bits per heavy atom. The summed E-state index contributed by atoms with van der Waals surface area (Å²) in [7, 11) is 0. The fourth-order valence-corrected chi connectivity index (χ4v) is 1.79. The average molecular weight is 182 g/mol. The second kappa shape index (κ2) is 2.60. The van der Waals surface area contributed by atoms with Crippen LogP contribution in [0.1, 0.15) is 6.92 Å². The van der Waals surface area contributed by atoms with Crippen LogP contribution in [-0.2, 0) is 4.79 Å². The number of aromatic nitrogens is 2. The summed E-state index contributed by atoms with van der Waals surface area (Å²) in [6.07, 6.45) is 1.70. The lowest BCUT2D eigenvalue weighted by molar-refractivity contribution is -0.131. The van der Waals surface area contributed by atoms with Crippen molar-refractivity contribution in [1.29, 1.82) is 0 Å². The Bertz CT molecular complexity index is 389. The van der Waals surface area contributed by atoms with Crippen molar-refractivity contribution >= 4 is 27.5 Å². The monoisotopic (exact) mass is 182 g/mol. The average Bonchev–Trinajstić information content (AvgIpc) is 2.43. The molecule has 0 aliphatic rings. The largest absolute Gasteiger partial charge is 0.415 e. The Hall–Kier alpha value is -1.36. The van der Waals surface area contributed by atoms with Crippen LogP contribution in [0.15, 0.2) is 12.3 Å². The summed E-state index contributed by atoms with van der Waals surface area (Å²) >= 11 is 1.40. The number of fused-ring (bicyclic) bond motifs is 1. The van der Waals surface area contributed by atoms with Gasteiger partial charge in [-0.05, 0) is 0 Å². The maximum Gasteiger partial charge on any atom is 0.308 e. The van der Waals surface area contributed by atoms with E-state index >= 15 is 0 Å². The molecule has 0 bridgehead atoms. The van der Waals surface area contributed by atoms with Crippen molar-refractivity contribution in [2.75, 3.05) is 0 Å². The van der Waals surface area contributed by atoms with E-state index in [-0.39, 0.29) is 5.97 Å². The highest BCUT2D eigenvalue weighted by Crippen LogP contribution is 2.29. The number of carbonyl (C=O) groups excluding carboxylic acids is 1. The summed E-state index contributed by atoms with van der Waals surface area (Å²) in [5.41, 5.74) is 0.899. The predicted molar refractivity (Wildman–Crippen MR) is 45.3 cm³/mol. The molecule has 2 aromatic rings. The molecule has 0 saturated carbocycles. The van der Waals surface area contributed by atoms with Gasteiger partial charge >= 0.3 is 5.97 Å². The summed E-state index contributed by atoms with van der Waals surface area (Å²) in [6.45, 7) is 1.38. The molecule has 0 saturated heterocycles. The van der Waals surface area contributed by atoms with Gasteiger partial charge in [-0.2, -0.15) is 5.10 Å². The molecule has 2 rings (SSSR count). The van der Waals surface area contributed by atoms with E-state index in [1.807, 2.05) is 0 Å². The Morgan fingerprint density at radius 3 is 3.25 bits per heavy atom. The number of thiophene rings is 1. The smallest absolute Gasteiger partial charge is 0.308 e. The van der Waals surface area contributed by atoms with Gasteiger partial charge in [0.1, 0.15) is 0 Å². The number of nitrogens with zero attached hydrogens (tertiary/aromatic N) is 1. The number of ether oxygens (including phenoxy) is 1. The van der Waals surface area contributed by atoms with Crippen LogP contribution in [0.3, 0.4) is 0 Å². The molecule has 0 aliphatic carbocycles. The third-order valence-electron chi connectivity index (χ3n) is 1.35. The van der Waals surface area contributed by atoms with Crippen LogP contribution in [0.4, 0.5) is 0 Å². The van der Waals surface area contributed by atoms with Gasteiger partial charge < -0.3 is 4.74 Å². The molecule has 0 aliphatic heterocycles. The lowest BCUT2D eigenvalue weighted by Gasteiger charge is -1.92. The molecule has 0 spiro atoms. The fraction of sp³-hybridized carbons (Fsp3) is 0.143. The van der Waals surface area contributed by atoms with Crippen LogP contribution < -0.4 is 4.74 Å². The molecule has 5 heteroatoms. The van der Waals surface area contributed by atoms with Crippen LogP contribution >= 0.6 is 11.3 Å². The minimum absolute atomic E-state index is 0.299. The second-order valence-electron chi connectivity index (χ2n) is 2.31. The third kappa shape index (κ3) is 1.18. The molecule has 0 fully saturated rings. The minimum Gasteiger partial charge on any atom is -0.415 e. The van der Waals surface area contributed by atoms with Crippen molar-refractivity contribution in [3.8, 4) is 5.06 Å². The Balaban J connectivity index is 2.38. The zero-order valence-electron chi connectivity index (χ0n) is 6.33. The highest BCUT2D eigenvalue weighted by atomic mass is 32.1. The van der Waals surface area contributed by atoms with Gasteiger partial charge in [-0.1, -0.05) is 11.3 Å². The van der Waals surface area contributed by atoms with Crippen LogP contribution in [0.2, 0.25) is 0 Å². The van der Waals surface area contributed by atoms with E-state index in [0.717, 1.165) is 10.2 Å². The van der Waals surface area contributed by atoms with E-state index in [2.05, 4.69) is 10.2 Å². The molecular weight excluding hydrogens is 176 g/mol. The zero-order chi connectivity index (χ0) is 8.55. The van der Waals surface area contributed by atoms with Gasteiger partial charge in [0.2, 0.25) is 0 Å². The number of aromatic amines is 1. The first kappa shape index (κ1) is 7.30. The highest BCUT2D eigenvalue weighted by Gasteiger charge is 2.05. The first-order valence-electron chi connectivity index (χ1n) is 3.37. The van der Waals surface area contributed by atoms with E-state index < -0.39 is 0 Å². The van der Waals surface area contributed by atoms with Gasteiger partial charge in [-0.15, -0.1) is 0 Å². The minimum atomic E-state index is -0.299. The standard InChI is InChI=1S/C7H6N2O2S/c1-4(10)11-7-2-5-6(12-7)3-8-9-5/h2-3H,1H3,(H,8,9). The van der Waals surface area contributed by atoms with Gasteiger partial charge in [-0.3, -0.25) is 9.89 Å². The molecule has 2 heterocycles. The number of rotatable bonds is 1. The van der Waals surface area contributed by atoms with Crippen LogP contribution in [0.25, 0.3) is 10.2 Å². The summed E-state index contributed by atoms with van der Waals surface area (Å²) in [4.78, 5) is 10.6. The Labute approximate surface area is 72.2 Å². The van der Waals surface area contributed by atoms with E-state index in [1.165, 1.54) is 18.3 Å². The van der Waals surface area contributed by atoms with Crippen LogP contribution in [0, 0.1) is 0 Å². The summed E-state index contributed by atoms with van der Waals surface area (Å²) in [5.74, 6) is -0.299. The van der Waals surface area contributed by atoms with Crippen molar-refractivity contribution < 1.29 is 9.53 Å². The number of esters is 1. The van der Waals surface area contributed by atoms with Crippen molar-refractivity contribution in [2.45, 2.75) is 6.92 Å². The molecule has 0 amide bonds. The maximum absolute atomic E-state index is 10.6. The van der Waals surface area contributed by atoms with Crippen molar-refractivity contribution in [3.63, 3.8) is 0 Å². The predicted octanol–water partition coefficient (Wildman–Crippen LogP) is 1.55. The van der Waals surface area contributed by atoms with Gasteiger partial charge in [0.15, 0.2) is 5.06 Å². The molecule has 2 aromatic heterocycles. The molecular formula is C7H6N2O2S. The van der Waals surface area contributed by atoms with E-state index in [9.17, 15) is 4.79 Å². The summed E-state index contributed by atoms with van der Waals surface area (Å²) in [6, 6.07) is 1.76.